The highest BCUT2D eigenvalue weighted by atomic mass is 19.4. The number of alkyl halides is 3. The Bertz CT molecular complexity index is 435. The third kappa shape index (κ3) is 4.59. The van der Waals surface area contributed by atoms with E-state index in [0.717, 1.165) is 30.8 Å². The molecule has 3 nitrogen and oxygen atoms in total. The van der Waals surface area contributed by atoms with Gasteiger partial charge in [-0.3, -0.25) is 0 Å². The maximum atomic E-state index is 11.9. The molecule has 0 spiro atoms. The van der Waals surface area contributed by atoms with Gasteiger partial charge in [0.05, 0.1) is 18.9 Å². The van der Waals surface area contributed by atoms with Crippen molar-refractivity contribution in [3.05, 3.63) is 23.8 Å². The summed E-state index contributed by atoms with van der Waals surface area (Å²) in [6, 6.07) is 5.86. The lowest BCUT2D eigenvalue weighted by Gasteiger charge is -2.21. The first-order valence-corrected chi connectivity index (χ1v) is 6.69. The molecular formula is C14H18F3NO2. The zero-order chi connectivity index (χ0) is 14.4. The van der Waals surface area contributed by atoms with Crippen molar-refractivity contribution in [1.29, 1.82) is 0 Å². The predicted octanol–water partition coefficient (Wildman–Crippen LogP) is 3.39. The van der Waals surface area contributed by atoms with Crippen LogP contribution in [0.1, 0.15) is 18.4 Å². The van der Waals surface area contributed by atoms with Crippen molar-refractivity contribution in [2.75, 3.05) is 31.7 Å². The van der Waals surface area contributed by atoms with E-state index in [0.29, 0.717) is 13.0 Å². The van der Waals surface area contributed by atoms with Gasteiger partial charge in [0.1, 0.15) is 12.4 Å². The van der Waals surface area contributed by atoms with Crippen LogP contribution in [0.2, 0.25) is 0 Å². The van der Waals surface area contributed by atoms with Gasteiger partial charge in [0.25, 0.3) is 0 Å². The van der Waals surface area contributed by atoms with Crippen molar-refractivity contribution < 1.29 is 22.6 Å². The van der Waals surface area contributed by atoms with Crippen LogP contribution in [0.4, 0.5) is 18.9 Å². The number of anilines is 1. The van der Waals surface area contributed by atoms with Crippen LogP contribution in [-0.2, 0) is 11.2 Å². The summed E-state index contributed by atoms with van der Waals surface area (Å²) < 4.78 is 45.7. The maximum Gasteiger partial charge on any atom is 0.411 e. The minimum Gasteiger partial charge on any atom is -0.491 e. The number of halogens is 3. The lowest BCUT2D eigenvalue weighted by Crippen LogP contribution is -2.18. The summed E-state index contributed by atoms with van der Waals surface area (Å²) in [5.74, 6) is 0.762. The van der Waals surface area contributed by atoms with E-state index in [1.54, 1.807) is 0 Å². The summed E-state index contributed by atoms with van der Waals surface area (Å²) in [5.41, 5.74) is 2.23. The van der Waals surface area contributed by atoms with Gasteiger partial charge in [-0.05, 0) is 24.5 Å². The van der Waals surface area contributed by atoms with Crippen LogP contribution in [0.3, 0.4) is 0 Å². The largest absolute Gasteiger partial charge is 0.491 e. The van der Waals surface area contributed by atoms with E-state index in [2.05, 4.69) is 16.1 Å². The van der Waals surface area contributed by atoms with Crippen LogP contribution in [0, 0.1) is 0 Å². The molecule has 1 aliphatic rings. The minimum atomic E-state index is -4.26. The molecule has 0 saturated carbocycles. The van der Waals surface area contributed by atoms with Gasteiger partial charge >= 0.3 is 6.18 Å². The van der Waals surface area contributed by atoms with E-state index in [1.807, 2.05) is 12.1 Å². The van der Waals surface area contributed by atoms with Gasteiger partial charge in [-0.15, -0.1) is 0 Å². The van der Waals surface area contributed by atoms with Crippen molar-refractivity contribution in [2.45, 2.75) is 25.4 Å². The van der Waals surface area contributed by atoms with E-state index in [-0.39, 0.29) is 6.61 Å². The second-order valence-electron chi connectivity index (χ2n) is 4.69. The van der Waals surface area contributed by atoms with Crippen molar-refractivity contribution in [1.82, 2.24) is 0 Å². The summed E-state index contributed by atoms with van der Waals surface area (Å²) in [7, 11) is 0. The smallest absolute Gasteiger partial charge is 0.411 e. The molecule has 112 valence electrons. The molecule has 0 atom stereocenters. The minimum absolute atomic E-state index is 0.0436. The second kappa shape index (κ2) is 6.83. The molecule has 0 unspecified atom stereocenters. The first-order chi connectivity index (χ1) is 9.56. The van der Waals surface area contributed by atoms with Crippen LogP contribution in [0.5, 0.6) is 5.75 Å². The molecule has 2 rings (SSSR count). The number of aryl methyl sites for hydroxylation is 1. The molecule has 6 heteroatoms. The molecule has 20 heavy (non-hydrogen) atoms. The number of benzene rings is 1. The molecule has 1 aliphatic heterocycles. The Labute approximate surface area is 116 Å². The highest BCUT2D eigenvalue weighted by Gasteiger charge is 2.27. The zero-order valence-electron chi connectivity index (χ0n) is 11.1. The zero-order valence-corrected chi connectivity index (χ0v) is 11.1. The van der Waals surface area contributed by atoms with Crippen LogP contribution in [-0.4, -0.2) is 32.5 Å². The Hall–Kier alpha value is -1.43. The van der Waals surface area contributed by atoms with Crippen molar-refractivity contribution >= 4 is 5.69 Å². The quantitative estimate of drug-likeness (QED) is 0.814. The molecule has 0 aromatic heterocycles. The van der Waals surface area contributed by atoms with Gasteiger partial charge in [-0.2, -0.15) is 13.2 Å². The summed E-state index contributed by atoms with van der Waals surface area (Å²) in [4.78, 5) is 0. The van der Waals surface area contributed by atoms with Crippen LogP contribution < -0.4 is 10.1 Å². The van der Waals surface area contributed by atoms with Gasteiger partial charge in [0, 0.05) is 13.0 Å². The first-order valence-electron chi connectivity index (χ1n) is 6.69. The molecule has 1 aromatic carbocycles. The van der Waals surface area contributed by atoms with Crippen LogP contribution in [0.25, 0.3) is 0 Å². The fourth-order valence-electron chi connectivity index (χ4n) is 2.13. The number of fused-ring (bicyclic) bond motifs is 1. The number of hydrogen-bond donors (Lipinski definition) is 1. The fraction of sp³-hybridized carbons (Fsp3) is 0.571. The molecule has 0 bridgehead atoms. The number of rotatable bonds is 6. The Balaban J connectivity index is 1.72. The molecule has 1 aromatic rings. The number of para-hydroxylation sites is 1. The predicted molar refractivity (Wildman–Crippen MR) is 70.2 cm³/mol. The first kappa shape index (κ1) is 15.0. The number of nitrogens with one attached hydrogen (secondary N) is 1. The van der Waals surface area contributed by atoms with E-state index < -0.39 is 12.8 Å². The fourth-order valence-corrected chi connectivity index (χ4v) is 2.13. The molecule has 1 N–H and O–H groups in total. The summed E-state index contributed by atoms with van der Waals surface area (Å²) >= 11 is 0. The number of hydrogen-bond acceptors (Lipinski definition) is 3. The highest BCUT2D eigenvalue weighted by Crippen LogP contribution is 2.31. The lowest BCUT2D eigenvalue weighted by molar-refractivity contribution is -0.174. The van der Waals surface area contributed by atoms with Crippen molar-refractivity contribution in [3.63, 3.8) is 0 Å². The maximum absolute atomic E-state index is 11.9. The molecule has 0 radical (unpaired) electrons. The van der Waals surface area contributed by atoms with Crippen LogP contribution in [0.15, 0.2) is 18.2 Å². The van der Waals surface area contributed by atoms with Gasteiger partial charge in [-0.25, -0.2) is 0 Å². The molecule has 0 fully saturated rings. The molecule has 0 aliphatic carbocycles. The molecule has 1 heterocycles. The normalized spacial score (nSPS) is 14.6. The highest BCUT2D eigenvalue weighted by molar-refractivity contribution is 5.63. The van der Waals surface area contributed by atoms with Gasteiger partial charge in [-0.1, -0.05) is 12.1 Å². The third-order valence-corrected chi connectivity index (χ3v) is 2.99. The summed E-state index contributed by atoms with van der Waals surface area (Å²) in [6.45, 7) is 0.106. The van der Waals surface area contributed by atoms with Gasteiger partial charge in [0.2, 0.25) is 0 Å². The Kier molecular flexibility index (Phi) is 5.11. The monoisotopic (exact) mass is 289 g/mol. The Morgan fingerprint density at radius 1 is 1.20 bits per heavy atom. The molecular weight excluding hydrogens is 271 g/mol. The summed E-state index contributed by atoms with van der Waals surface area (Å²) in [6.07, 6.45) is -1.71. The van der Waals surface area contributed by atoms with E-state index in [1.165, 1.54) is 5.56 Å². The van der Waals surface area contributed by atoms with Gasteiger partial charge < -0.3 is 14.8 Å². The SMILES string of the molecule is FC(F)(F)COCCCOc1cccc2c1NCCC2. The molecule has 0 amide bonds. The van der Waals surface area contributed by atoms with Gasteiger partial charge in [0.15, 0.2) is 0 Å². The average molecular weight is 289 g/mol. The number of ether oxygens (including phenoxy) is 2. The van der Waals surface area contributed by atoms with Crippen LogP contribution >= 0.6 is 0 Å². The third-order valence-electron chi connectivity index (χ3n) is 2.99. The average Bonchev–Trinajstić information content (AvgIpc) is 2.41. The topological polar surface area (TPSA) is 30.5 Å². The summed E-state index contributed by atoms with van der Waals surface area (Å²) in [5, 5.41) is 3.30. The van der Waals surface area contributed by atoms with Crippen molar-refractivity contribution in [3.8, 4) is 5.75 Å². The molecule has 0 saturated heterocycles. The lowest BCUT2D eigenvalue weighted by atomic mass is 10.0. The van der Waals surface area contributed by atoms with E-state index in [4.69, 9.17) is 4.74 Å². The van der Waals surface area contributed by atoms with Crippen molar-refractivity contribution in [2.24, 2.45) is 0 Å². The van der Waals surface area contributed by atoms with E-state index >= 15 is 0 Å². The van der Waals surface area contributed by atoms with E-state index in [9.17, 15) is 13.2 Å². The Morgan fingerprint density at radius 2 is 2.05 bits per heavy atom. The standard InChI is InChI=1S/C14H18F3NO2/c15-14(16,17)10-19-8-3-9-20-12-6-1-4-11-5-2-7-18-13(11)12/h1,4,6,18H,2-3,5,7-10H2. The Morgan fingerprint density at radius 3 is 2.85 bits per heavy atom. The second-order valence-corrected chi connectivity index (χ2v) is 4.69.